The monoisotopic (exact) mass is 825 g/mol. The van der Waals surface area contributed by atoms with Gasteiger partial charge in [0.15, 0.2) is 0 Å². The van der Waals surface area contributed by atoms with Gasteiger partial charge in [-0.15, -0.1) is 0 Å². The highest BCUT2D eigenvalue weighted by Crippen LogP contribution is 2.39. The summed E-state index contributed by atoms with van der Waals surface area (Å²) in [4.78, 5) is 72.1. The number of ether oxygens (including phenoxy) is 2. The van der Waals surface area contributed by atoms with Crippen LogP contribution in [0.1, 0.15) is 65.6 Å². The van der Waals surface area contributed by atoms with Crippen LogP contribution in [0.25, 0.3) is 11.6 Å². The van der Waals surface area contributed by atoms with Crippen LogP contribution in [0, 0.1) is 19.7 Å². The van der Waals surface area contributed by atoms with E-state index in [-0.39, 0.29) is 71.7 Å². The van der Waals surface area contributed by atoms with Gasteiger partial charge in [-0.3, -0.25) is 19.2 Å². The SMILES string of the molecule is CCN(CC)CCNC(=O)c1c(C)[nH]c(/C=C2\C(=O)N(C(=O)OC[C@@H](C)SSCC(=O)N[C@H](CCN)C(=O)NCc3ccc(OC)cc3)c3ccc(F)cc32)c1C. The zero-order chi connectivity index (χ0) is 41.6. The molecule has 17 heteroatoms. The zero-order valence-electron chi connectivity index (χ0n) is 33.2. The maximum atomic E-state index is 14.5. The molecule has 5 amide bonds. The molecule has 0 spiro atoms. The second-order valence-corrected chi connectivity index (χ2v) is 16.1. The molecular weight excluding hydrogens is 774 g/mol. The number of carbonyl (C=O) groups excluding carboxylic acids is 5. The molecule has 57 heavy (non-hydrogen) atoms. The minimum absolute atomic E-state index is 0.0187. The van der Waals surface area contributed by atoms with Crippen molar-refractivity contribution in [3.05, 3.63) is 81.9 Å². The first-order valence-corrected chi connectivity index (χ1v) is 21.1. The number of aromatic nitrogens is 1. The lowest BCUT2D eigenvalue weighted by Gasteiger charge is -2.18. The average Bonchev–Trinajstić information content (AvgIpc) is 3.63. The largest absolute Gasteiger partial charge is 0.497 e. The zero-order valence-corrected chi connectivity index (χ0v) is 34.8. The Labute approximate surface area is 340 Å². The van der Waals surface area contributed by atoms with Crippen LogP contribution in [0.2, 0.25) is 0 Å². The lowest BCUT2D eigenvalue weighted by molar-refractivity contribution is -0.128. The number of fused-ring (bicyclic) bond motifs is 1. The summed E-state index contributed by atoms with van der Waals surface area (Å²) in [5.41, 5.74) is 9.14. The molecule has 3 aromatic rings. The molecule has 0 saturated carbocycles. The van der Waals surface area contributed by atoms with Crippen molar-refractivity contribution in [3.63, 3.8) is 0 Å². The second kappa shape index (κ2) is 21.6. The van der Waals surface area contributed by atoms with E-state index in [4.69, 9.17) is 15.2 Å². The molecule has 0 bridgehead atoms. The molecule has 14 nitrogen and oxygen atoms in total. The molecule has 308 valence electrons. The topological polar surface area (TPSA) is 188 Å². The van der Waals surface area contributed by atoms with Crippen molar-refractivity contribution in [2.75, 3.05) is 57.1 Å². The standard InChI is InChI=1S/C40H52FN7O7S2/c1-7-47(8-2)18-17-43-38(51)36-25(4)33(45-26(36)5)20-31-30-19-28(41)11-14-34(30)48(39(31)52)40(53)55-22-24(3)57-56-23-35(49)46-32(15-16-42)37(50)44-21-27-9-12-29(54-6)13-10-27/h9-14,19-20,24,32,45H,7-8,15-18,21-23,42H2,1-6H3,(H,43,51)(H,44,50)(H,46,49)/b31-20-/t24-,32-/m1/s1. The van der Waals surface area contributed by atoms with Crippen LogP contribution < -0.4 is 31.3 Å². The molecule has 2 aromatic carbocycles. The molecule has 1 aliphatic rings. The van der Waals surface area contributed by atoms with E-state index in [9.17, 15) is 28.4 Å². The number of anilines is 1. The van der Waals surface area contributed by atoms with Gasteiger partial charge in [0, 0.05) is 41.8 Å². The van der Waals surface area contributed by atoms with E-state index in [2.05, 4.69) is 39.7 Å². The number of nitrogens with one attached hydrogen (secondary N) is 4. The minimum atomic E-state index is -0.940. The van der Waals surface area contributed by atoms with Crippen molar-refractivity contribution < 1.29 is 37.8 Å². The molecule has 1 aliphatic heterocycles. The van der Waals surface area contributed by atoms with E-state index in [1.165, 1.54) is 39.8 Å². The van der Waals surface area contributed by atoms with Gasteiger partial charge in [-0.05, 0) is 94.4 Å². The van der Waals surface area contributed by atoms with Crippen molar-refractivity contribution in [2.45, 2.75) is 58.9 Å². The van der Waals surface area contributed by atoms with E-state index >= 15 is 0 Å². The number of amides is 5. The maximum absolute atomic E-state index is 14.5. The van der Waals surface area contributed by atoms with E-state index < -0.39 is 23.9 Å². The molecule has 0 radical (unpaired) electrons. The number of halogens is 1. The summed E-state index contributed by atoms with van der Waals surface area (Å²) in [5.74, 6) is -1.55. The van der Waals surface area contributed by atoms with Gasteiger partial charge in [-0.1, -0.05) is 47.6 Å². The number of hydrogen-bond donors (Lipinski definition) is 5. The van der Waals surface area contributed by atoms with Crippen molar-refractivity contribution in [2.24, 2.45) is 5.73 Å². The summed E-state index contributed by atoms with van der Waals surface area (Å²) >= 11 is 0. The fourth-order valence-corrected chi connectivity index (χ4v) is 8.16. The van der Waals surface area contributed by atoms with Crippen molar-refractivity contribution in [3.8, 4) is 5.75 Å². The number of likely N-dealkylation sites (N-methyl/N-ethyl adjacent to an activating group) is 1. The Morgan fingerprint density at radius 2 is 1.79 bits per heavy atom. The van der Waals surface area contributed by atoms with Gasteiger partial charge in [0.05, 0.1) is 29.7 Å². The van der Waals surface area contributed by atoms with Gasteiger partial charge in [0.2, 0.25) is 11.8 Å². The highest BCUT2D eigenvalue weighted by atomic mass is 33.1. The number of nitrogens with zero attached hydrogens (tertiary/aromatic N) is 2. The number of imide groups is 1. The van der Waals surface area contributed by atoms with Crippen molar-refractivity contribution >= 4 is 68.6 Å². The Bertz CT molecular complexity index is 1940. The minimum Gasteiger partial charge on any atom is -0.497 e. The Kier molecular flexibility index (Phi) is 17.0. The van der Waals surface area contributed by atoms with Gasteiger partial charge < -0.3 is 41.0 Å². The number of nitrogens with two attached hydrogens (primary N) is 1. The molecule has 0 aliphatic carbocycles. The summed E-state index contributed by atoms with van der Waals surface area (Å²) < 4.78 is 25.2. The van der Waals surface area contributed by atoms with E-state index in [1.807, 2.05) is 12.1 Å². The molecule has 4 rings (SSSR count). The number of aryl methyl sites for hydroxylation is 1. The summed E-state index contributed by atoms with van der Waals surface area (Å²) in [5, 5.41) is 8.22. The summed E-state index contributed by atoms with van der Waals surface area (Å²) in [6.45, 7) is 12.7. The molecule has 0 fully saturated rings. The first-order valence-electron chi connectivity index (χ1n) is 18.7. The van der Waals surface area contributed by atoms with Crippen LogP contribution in [0.3, 0.4) is 0 Å². The molecule has 6 N–H and O–H groups in total. The number of H-pyrrole nitrogens is 1. The number of methoxy groups -OCH3 is 1. The van der Waals surface area contributed by atoms with Gasteiger partial charge in [-0.2, -0.15) is 0 Å². The Morgan fingerprint density at radius 1 is 1.07 bits per heavy atom. The van der Waals surface area contributed by atoms with E-state index in [0.717, 1.165) is 29.6 Å². The summed E-state index contributed by atoms with van der Waals surface area (Å²) in [6.07, 6.45) is 0.835. The first kappa shape index (κ1) is 44.9. The molecular formula is C40H52FN7O7S2. The van der Waals surface area contributed by atoms with Crippen LogP contribution in [-0.4, -0.2) is 103 Å². The normalized spacial score (nSPS) is 14.0. The van der Waals surface area contributed by atoms with E-state index in [1.54, 1.807) is 40.0 Å². The molecule has 0 saturated heterocycles. The van der Waals surface area contributed by atoms with Crippen LogP contribution in [0.4, 0.5) is 14.9 Å². The lowest BCUT2D eigenvalue weighted by Crippen LogP contribution is -2.48. The third-order valence-corrected chi connectivity index (χ3v) is 12.0. The third kappa shape index (κ3) is 12.1. The van der Waals surface area contributed by atoms with Gasteiger partial charge in [0.1, 0.15) is 24.2 Å². The van der Waals surface area contributed by atoms with Crippen LogP contribution in [0.15, 0.2) is 42.5 Å². The van der Waals surface area contributed by atoms with Crippen molar-refractivity contribution in [1.82, 2.24) is 25.8 Å². The van der Waals surface area contributed by atoms with Crippen LogP contribution >= 0.6 is 21.6 Å². The fourth-order valence-electron chi connectivity index (χ4n) is 6.16. The predicted molar refractivity (Wildman–Crippen MR) is 223 cm³/mol. The molecule has 1 aromatic heterocycles. The lowest BCUT2D eigenvalue weighted by atomic mass is 10.0. The fraction of sp³-hybridized carbons (Fsp3) is 0.425. The highest BCUT2D eigenvalue weighted by molar-refractivity contribution is 8.77. The first-order chi connectivity index (χ1) is 27.3. The number of aromatic amines is 1. The Morgan fingerprint density at radius 3 is 2.46 bits per heavy atom. The smallest absolute Gasteiger partial charge is 0.421 e. The average molecular weight is 826 g/mol. The van der Waals surface area contributed by atoms with Crippen molar-refractivity contribution in [1.29, 1.82) is 0 Å². The van der Waals surface area contributed by atoms with Gasteiger partial charge >= 0.3 is 6.09 Å². The highest BCUT2D eigenvalue weighted by Gasteiger charge is 2.38. The Balaban J connectivity index is 1.32. The van der Waals surface area contributed by atoms with E-state index in [0.29, 0.717) is 41.4 Å². The second-order valence-electron chi connectivity index (χ2n) is 13.3. The number of hydrogen-bond acceptors (Lipinski definition) is 11. The number of rotatable bonds is 20. The maximum Gasteiger partial charge on any atom is 0.421 e. The third-order valence-electron chi connectivity index (χ3n) is 9.30. The quantitative estimate of drug-likeness (QED) is 0.0779. The van der Waals surface area contributed by atoms with Crippen LogP contribution in [0.5, 0.6) is 5.75 Å². The van der Waals surface area contributed by atoms with Crippen LogP contribution in [-0.2, 0) is 25.7 Å². The van der Waals surface area contributed by atoms with Gasteiger partial charge in [0.25, 0.3) is 11.8 Å². The molecule has 2 heterocycles. The molecule has 2 atom stereocenters. The summed E-state index contributed by atoms with van der Waals surface area (Å²) in [7, 11) is 4.08. The predicted octanol–water partition coefficient (Wildman–Crippen LogP) is 4.79. The molecule has 0 unspecified atom stereocenters. The number of carbonyl (C=O) groups is 5. The Hall–Kier alpha value is -4.84. The van der Waals surface area contributed by atoms with Gasteiger partial charge in [-0.25, -0.2) is 14.1 Å². The number of benzene rings is 2. The summed E-state index contributed by atoms with van der Waals surface area (Å²) in [6, 6.07) is 10.1.